The van der Waals surface area contributed by atoms with Crippen molar-refractivity contribution in [1.29, 1.82) is 0 Å². The third-order valence-corrected chi connectivity index (χ3v) is 3.67. The summed E-state index contributed by atoms with van der Waals surface area (Å²) in [6.45, 7) is 7.84. The van der Waals surface area contributed by atoms with E-state index in [1.165, 1.54) is 0 Å². The molecule has 100 valence electrons. The molecule has 1 aliphatic rings. The Bertz CT molecular complexity index is 414. The van der Waals surface area contributed by atoms with Crippen molar-refractivity contribution in [3.63, 3.8) is 0 Å². The molecule has 1 saturated heterocycles. The van der Waals surface area contributed by atoms with Crippen molar-refractivity contribution >= 4 is 5.91 Å². The topological polar surface area (TPSA) is 54.3 Å². The highest BCUT2D eigenvalue weighted by Crippen LogP contribution is 2.21. The molecule has 2 rings (SSSR count). The molecular formula is C14H22N2O2. The summed E-state index contributed by atoms with van der Waals surface area (Å²) in [4.78, 5) is 12.2. The van der Waals surface area contributed by atoms with Crippen LogP contribution in [0.15, 0.2) is 16.5 Å². The van der Waals surface area contributed by atoms with Gasteiger partial charge in [-0.1, -0.05) is 6.92 Å². The van der Waals surface area contributed by atoms with Gasteiger partial charge >= 0.3 is 0 Å². The molecule has 0 spiro atoms. The van der Waals surface area contributed by atoms with Gasteiger partial charge in [0.25, 0.3) is 0 Å². The minimum atomic E-state index is -0.0618. The number of carbonyl (C=O) groups is 1. The van der Waals surface area contributed by atoms with E-state index >= 15 is 0 Å². The number of aryl methyl sites for hydroxylation is 1. The lowest BCUT2D eigenvalue weighted by atomic mass is 9.87. The van der Waals surface area contributed by atoms with E-state index in [4.69, 9.17) is 4.42 Å². The zero-order chi connectivity index (χ0) is 13.1. The minimum absolute atomic E-state index is 0.0618. The molecule has 0 saturated carbocycles. The summed E-state index contributed by atoms with van der Waals surface area (Å²) in [7, 11) is 0. The second-order valence-corrected chi connectivity index (χ2v) is 5.26. The van der Waals surface area contributed by atoms with Crippen molar-refractivity contribution in [2.75, 3.05) is 13.1 Å². The summed E-state index contributed by atoms with van der Waals surface area (Å²) >= 11 is 0. The maximum atomic E-state index is 12.2. The average molecular weight is 250 g/mol. The fourth-order valence-electron chi connectivity index (χ4n) is 2.48. The van der Waals surface area contributed by atoms with Crippen molar-refractivity contribution in [3.8, 4) is 0 Å². The van der Waals surface area contributed by atoms with E-state index < -0.39 is 0 Å². The van der Waals surface area contributed by atoms with E-state index in [2.05, 4.69) is 17.6 Å². The second kappa shape index (κ2) is 5.57. The Labute approximate surface area is 108 Å². The second-order valence-electron chi connectivity index (χ2n) is 5.26. The molecule has 4 heteroatoms. The molecule has 0 aromatic carbocycles. The van der Waals surface area contributed by atoms with Crippen molar-refractivity contribution in [3.05, 3.63) is 23.7 Å². The number of rotatable bonds is 3. The zero-order valence-electron chi connectivity index (χ0n) is 11.3. The molecule has 1 aliphatic heterocycles. The molecule has 1 aromatic rings. The van der Waals surface area contributed by atoms with Crippen LogP contribution in [-0.2, 0) is 4.79 Å². The lowest BCUT2D eigenvalue weighted by Gasteiger charge is -2.29. The normalized spacial score (nSPS) is 25.7. The molecule has 1 amide bonds. The third-order valence-electron chi connectivity index (χ3n) is 3.67. The van der Waals surface area contributed by atoms with Gasteiger partial charge in [0.2, 0.25) is 5.91 Å². The number of hydrogen-bond acceptors (Lipinski definition) is 3. The lowest BCUT2D eigenvalue weighted by Crippen LogP contribution is -2.43. The first kappa shape index (κ1) is 13.1. The SMILES string of the molecule is Cc1ccc(C(C)NC(=O)C2CCNCC2C)o1. The van der Waals surface area contributed by atoms with E-state index in [1.54, 1.807) is 0 Å². The van der Waals surface area contributed by atoms with Crippen LogP contribution in [0.3, 0.4) is 0 Å². The predicted octanol–water partition coefficient (Wildman–Crippen LogP) is 2.01. The van der Waals surface area contributed by atoms with Crippen LogP contribution in [0.2, 0.25) is 0 Å². The van der Waals surface area contributed by atoms with Crippen LogP contribution >= 0.6 is 0 Å². The average Bonchev–Trinajstić information content (AvgIpc) is 2.76. The number of amides is 1. The van der Waals surface area contributed by atoms with Gasteiger partial charge in [0.15, 0.2) is 0 Å². The van der Waals surface area contributed by atoms with Crippen molar-refractivity contribution in [2.45, 2.75) is 33.2 Å². The number of nitrogens with one attached hydrogen (secondary N) is 2. The maximum Gasteiger partial charge on any atom is 0.224 e. The summed E-state index contributed by atoms with van der Waals surface area (Å²) in [6, 6.07) is 3.78. The molecule has 1 aromatic heterocycles. The Morgan fingerprint density at radius 2 is 2.33 bits per heavy atom. The Kier molecular flexibility index (Phi) is 4.07. The van der Waals surface area contributed by atoms with Crippen LogP contribution in [0.25, 0.3) is 0 Å². The van der Waals surface area contributed by atoms with Gasteiger partial charge in [-0.05, 0) is 51.4 Å². The van der Waals surface area contributed by atoms with Gasteiger partial charge in [-0.3, -0.25) is 4.79 Å². The summed E-state index contributed by atoms with van der Waals surface area (Å²) < 4.78 is 5.53. The van der Waals surface area contributed by atoms with E-state index in [0.29, 0.717) is 5.92 Å². The van der Waals surface area contributed by atoms with Gasteiger partial charge in [-0.2, -0.15) is 0 Å². The van der Waals surface area contributed by atoms with E-state index in [1.807, 2.05) is 26.0 Å². The van der Waals surface area contributed by atoms with Gasteiger partial charge in [0, 0.05) is 5.92 Å². The van der Waals surface area contributed by atoms with Gasteiger partial charge < -0.3 is 15.1 Å². The smallest absolute Gasteiger partial charge is 0.224 e. The van der Waals surface area contributed by atoms with Crippen LogP contribution < -0.4 is 10.6 Å². The molecular weight excluding hydrogens is 228 g/mol. The van der Waals surface area contributed by atoms with Gasteiger partial charge in [-0.25, -0.2) is 0 Å². The highest BCUT2D eigenvalue weighted by Gasteiger charge is 2.28. The van der Waals surface area contributed by atoms with E-state index in [-0.39, 0.29) is 17.9 Å². The summed E-state index contributed by atoms with van der Waals surface area (Å²) in [5.74, 6) is 2.35. The standard InChI is InChI=1S/C14H22N2O2/c1-9-8-15-7-6-12(9)14(17)16-11(3)13-5-4-10(2)18-13/h4-5,9,11-12,15H,6-8H2,1-3H3,(H,16,17). The Hall–Kier alpha value is -1.29. The van der Waals surface area contributed by atoms with Crippen LogP contribution in [0.1, 0.15) is 37.8 Å². The van der Waals surface area contributed by atoms with Gasteiger partial charge in [0.1, 0.15) is 11.5 Å². The van der Waals surface area contributed by atoms with Crippen LogP contribution in [0.5, 0.6) is 0 Å². The number of furan rings is 1. The molecule has 18 heavy (non-hydrogen) atoms. The van der Waals surface area contributed by atoms with E-state index in [9.17, 15) is 4.79 Å². The van der Waals surface area contributed by atoms with Crippen molar-refractivity contribution in [1.82, 2.24) is 10.6 Å². The van der Waals surface area contributed by atoms with Gasteiger partial charge in [0.05, 0.1) is 6.04 Å². The minimum Gasteiger partial charge on any atom is -0.464 e. The Morgan fingerprint density at radius 3 is 2.94 bits per heavy atom. The fraction of sp³-hybridized carbons (Fsp3) is 0.643. The van der Waals surface area contributed by atoms with Crippen molar-refractivity contribution in [2.24, 2.45) is 11.8 Å². The molecule has 2 N–H and O–H groups in total. The van der Waals surface area contributed by atoms with Crippen LogP contribution in [0, 0.1) is 18.8 Å². The Morgan fingerprint density at radius 1 is 1.56 bits per heavy atom. The zero-order valence-corrected chi connectivity index (χ0v) is 11.3. The molecule has 3 unspecified atom stereocenters. The molecule has 0 aliphatic carbocycles. The number of carbonyl (C=O) groups excluding carboxylic acids is 1. The fourth-order valence-corrected chi connectivity index (χ4v) is 2.48. The molecule has 2 heterocycles. The quantitative estimate of drug-likeness (QED) is 0.863. The molecule has 4 nitrogen and oxygen atoms in total. The lowest BCUT2D eigenvalue weighted by molar-refractivity contribution is -0.128. The molecule has 0 radical (unpaired) electrons. The molecule has 3 atom stereocenters. The first-order chi connectivity index (χ1) is 8.58. The Balaban J connectivity index is 1.94. The monoisotopic (exact) mass is 250 g/mol. The van der Waals surface area contributed by atoms with Crippen LogP contribution in [0.4, 0.5) is 0 Å². The van der Waals surface area contributed by atoms with E-state index in [0.717, 1.165) is 31.0 Å². The maximum absolute atomic E-state index is 12.2. The number of hydrogen-bond donors (Lipinski definition) is 2. The summed E-state index contributed by atoms with van der Waals surface area (Å²) in [6.07, 6.45) is 0.914. The first-order valence-electron chi connectivity index (χ1n) is 6.65. The largest absolute Gasteiger partial charge is 0.464 e. The number of piperidine rings is 1. The first-order valence-corrected chi connectivity index (χ1v) is 6.65. The third kappa shape index (κ3) is 2.93. The highest BCUT2D eigenvalue weighted by atomic mass is 16.3. The predicted molar refractivity (Wildman–Crippen MR) is 70.1 cm³/mol. The highest BCUT2D eigenvalue weighted by molar-refractivity contribution is 5.79. The van der Waals surface area contributed by atoms with Gasteiger partial charge in [-0.15, -0.1) is 0 Å². The summed E-state index contributed by atoms with van der Waals surface area (Å²) in [5, 5.41) is 6.36. The summed E-state index contributed by atoms with van der Waals surface area (Å²) in [5.41, 5.74) is 0. The molecule has 1 fully saturated rings. The van der Waals surface area contributed by atoms with Crippen molar-refractivity contribution < 1.29 is 9.21 Å². The molecule has 0 bridgehead atoms. The van der Waals surface area contributed by atoms with Crippen LogP contribution in [-0.4, -0.2) is 19.0 Å².